The molecule has 0 fully saturated rings. The Morgan fingerprint density at radius 2 is 1.67 bits per heavy atom. The monoisotopic (exact) mass is 438 g/mol. The van der Waals surface area contributed by atoms with Crippen LogP contribution in [-0.2, 0) is 29.1 Å². The molecule has 0 spiro atoms. The normalized spacial score (nSPS) is 11.8. The molecule has 1 atom stereocenters. The van der Waals surface area contributed by atoms with Crippen molar-refractivity contribution in [1.82, 2.24) is 15.2 Å². The minimum absolute atomic E-state index is 0.154. The molecule has 4 aromatic rings. The summed E-state index contributed by atoms with van der Waals surface area (Å²) in [5.41, 5.74) is 4.72. The van der Waals surface area contributed by atoms with Gasteiger partial charge in [-0.15, -0.1) is 0 Å². The summed E-state index contributed by atoms with van der Waals surface area (Å²) in [6.07, 6.45) is 0.154. The number of benzene rings is 3. The predicted molar refractivity (Wildman–Crippen MR) is 129 cm³/mol. The van der Waals surface area contributed by atoms with Gasteiger partial charge in [-0.3, -0.25) is 9.59 Å². The third kappa shape index (κ3) is 4.73. The molecule has 166 valence electrons. The van der Waals surface area contributed by atoms with E-state index < -0.39 is 6.04 Å². The first-order chi connectivity index (χ1) is 16.0. The molecule has 3 aromatic carbocycles. The van der Waals surface area contributed by atoms with Crippen LogP contribution in [0, 0.1) is 11.3 Å². The zero-order chi connectivity index (χ0) is 23.4. The largest absolute Gasteiger partial charge is 0.350 e. The van der Waals surface area contributed by atoms with Crippen LogP contribution in [0.3, 0.4) is 0 Å². The number of hydrogen-bond acceptors (Lipinski definition) is 3. The van der Waals surface area contributed by atoms with Crippen LogP contribution in [0.2, 0.25) is 0 Å². The summed E-state index contributed by atoms with van der Waals surface area (Å²) in [6, 6.07) is 22.8. The standard InChI is InChI=1S/C27H26N4O2/c1-3-31-24-7-5-4-6-22(24)23-14-21(12-13-25(23)31)17-29-27(33)18(2)30-26(32)15-19-8-10-20(16-28)11-9-19/h4-14,18H,3,15,17H2,1-2H3,(H,29,33)(H,30,32)/t18-/m0/s1. The fraction of sp³-hybridized carbons (Fsp3) is 0.222. The van der Waals surface area contributed by atoms with Crippen LogP contribution in [0.1, 0.15) is 30.5 Å². The molecule has 0 unspecified atom stereocenters. The summed E-state index contributed by atoms with van der Waals surface area (Å²) in [7, 11) is 0. The number of nitrogens with one attached hydrogen (secondary N) is 2. The molecule has 1 aromatic heterocycles. The van der Waals surface area contributed by atoms with Crippen molar-refractivity contribution in [3.8, 4) is 6.07 Å². The lowest BCUT2D eigenvalue weighted by molar-refractivity contribution is -0.128. The van der Waals surface area contributed by atoms with E-state index in [0.717, 1.165) is 17.7 Å². The molecule has 0 saturated carbocycles. The summed E-state index contributed by atoms with van der Waals surface area (Å²) in [4.78, 5) is 24.8. The van der Waals surface area contributed by atoms with Crippen molar-refractivity contribution >= 4 is 33.6 Å². The molecule has 6 nitrogen and oxygen atoms in total. The number of hydrogen-bond donors (Lipinski definition) is 2. The molecule has 0 aliphatic carbocycles. The summed E-state index contributed by atoms with van der Waals surface area (Å²) in [5, 5.41) is 16.9. The summed E-state index contributed by atoms with van der Waals surface area (Å²) in [6.45, 7) is 5.08. The second kappa shape index (κ2) is 9.58. The Kier molecular flexibility index (Phi) is 6.41. The molecule has 2 N–H and O–H groups in total. The predicted octanol–water partition coefficient (Wildman–Crippen LogP) is 4.05. The van der Waals surface area contributed by atoms with Gasteiger partial charge in [0.2, 0.25) is 11.8 Å². The number of amides is 2. The van der Waals surface area contributed by atoms with Gasteiger partial charge in [-0.2, -0.15) is 5.26 Å². The first-order valence-electron chi connectivity index (χ1n) is 11.1. The van der Waals surface area contributed by atoms with Crippen LogP contribution >= 0.6 is 0 Å². The minimum Gasteiger partial charge on any atom is -0.350 e. The van der Waals surface area contributed by atoms with Gasteiger partial charge in [0.25, 0.3) is 0 Å². The number of carbonyl (C=O) groups excluding carboxylic acids is 2. The van der Waals surface area contributed by atoms with Crippen molar-refractivity contribution in [3.05, 3.63) is 83.4 Å². The number of nitrogens with zero attached hydrogens (tertiary/aromatic N) is 2. The Morgan fingerprint density at radius 3 is 2.39 bits per heavy atom. The molecule has 0 bridgehead atoms. The van der Waals surface area contributed by atoms with Gasteiger partial charge in [-0.25, -0.2) is 0 Å². The molecule has 0 saturated heterocycles. The van der Waals surface area contributed by atoms with E-state index in [2.05, 4.69) is 46.4 Å². The van der Waals surface area contributed by atoms with Crippen LogP contribution in [0.5, 0.6) is 0 Å². The molecule has 4 rings (SSSR count). The maximum Gasteiger partial charge on any atom is 0.242 e. The van der Waals surface area contributed by atoms with Gasteiger partial charge >= 0.3 is 0 Å². The summed E-state index contributed by atoms with van der Waals surface area (Å²) >= 11 is 0. The van der Waals surface area contributed by atoms with E-state index in [1.54, 1.807) is 31.2 Å². The van der Waals surface area contributed by atoms with Crippen LogP contribution in [0.25, 0.3) is 21.8 Å². The van der Waals surface area contributed by atoms with E-state index >= 15 is 0 Å². The summed E-state index contributed by atoms with van der Waals surface area (Å²) < 4.78 is 2.29. The lowest BCUT2D eigenvalue weighted by Crippen LogP contribution is -2.45. The third-order valence-electron chi connectivity index (χ3n) is 5.84. The smallest absolute Gasteiger partial charge is 0.242 e. The van der Waals surface area contributed by atoms with Gasteiger partial charge in [0.05, 0.1) is 18.1 Å². The fourth-order valence-electron chi connectivity index (χ4n) is 4.13. The third-order valence-corrected chi connectivity index (χ3v) is 5.84. The van der Waals surface area contributed by atoms with Crippen LogP contribution in [-0.4, -0.2) is 22.4 Å². The average molecular weight is 439 g/mol. The molecular weight excluding hydrogens is 412 g/mol. The molecule has 0 aliphatic heterocycles. The van der Waals surface area contributed by atoms with Crippen molar-refractivity contribution < 1.29 is 9.59 Å². The quantitative estimate of drug-likeness (QED) is 0.456. The molecule has 1 heterocycles. The average Bonchev–Trinajstić information content (AvgIpc) is 3.15. The van der Waals surface area contributed by atoms with Gasteiger partial charge in [-0.1, -0.05) is 36.4 Å². The van der Waals surface area contributed by atoms with Gasteiger partial charge in [0, 0.05) is 34.9 Å². The number of aryl methyl sites for hydroxylation is 1. The molecule has 0 aliphatic rings. The molecule has 2 amide bonds. The van der Waals surface area contributed by atoms with E-state index in [4.69, 9.17) is 5.26 Å². The Morgan fingerprint density at radius 1 is 0.970 bits per heavy atom. The number of aromatic nitrogens is 1. The zero-order valence-corrected chi connectivity index (χ0v) is 18.8. The second-order valence-corrected chi connectivity index (χ2v) is 8.11. The van der Waals surface area contributed by atoms with Crippen LogP contribution < -0.4 is 10.6 Å². The Labute approximate surface area is 192 Å². The van der Waals surface area contributed by atoms with Gasteiger partial charge < -0.3 is 15.2 Å². The molecule has 6 heteroatoms. The van der Waals surface area contributed by atoms with Crippen LogP contribution in [0.15, 0.2) is 66.7 Å². The SMILES string of the molecule is CCn1c2ccccc2c2cc(CNC(=O)[C@H](C)NC(=O)Cc3ccc(C#N)cc3)ccc21. The first kappa shape index (κ1) is 22.1. The van der Waals surface area contributed by atoms with Crippen LogP contribution in [0.4, 0.5) is 0 Å². The first-order valence-corrected chi connectivity index (χ1v) is 11.1. The minimum atomic E-state index is -0.651. The van der Waals surface area contributed by atoms with E-state index in [9.17, 15) is 9.59 Å². The van der Waals surface area contributed by atoms with Crippen molar-refractivity contribution in [2.75, 3.05) is 0 Å². The topological polar surface area (TPSA) is 86.9 Å². The van der Waals surface area contributed by atoms with E-state index in [1.807, 2.05) is 24.3 Å². The summed E-state index contributed by atoms with van der Waals surface area (Å²) in [5.74, 6) is -0.476. The van der Waals surface area contributed by atoms with Crippen molar-refractivity contribution in [1.29, 1.82) is 5.26 Å². The number of carbonyl (C=O) groups is 2. The zero-order valence-electron chi connectivity index (χ0n) is 18.8. The molecular formula is C27H26N4O2. The maximum absolute atomic E-state index is 12.5. The fourth-order valence-corrected chi connectivity index (χ4v) is 4.13. The van der Waals surface area contributed by atoms with Gasteiger partial charge in [-0.05, 0) is 55.3 Å². The lowest BCUT2D eigenvalue weighted by atomic mass is 10.1. The molecule has 0 radical (unpaired) electrons. The van der Waals surface area contributed by atoms with Gasteiger partial charge in [0.15, 0.2) is 0 Å². The van der Waals surface area contributed by atoms with Gasteiger partial charge in [0.1, 0.15) is 6.04 Å². The highest BCUT2D eigenvalue weighted by Gasteiger charge is 2.16. The van der Waals surface area contributed by atoms with Crippen molar-refractivity contribution in [2.24, 2.45) is 0 Å². The maximum atomic E-state index is 12.5. The highest BCUT2D eigenvalue weighted by atomic mass is 16.2. The van der Waals surface area contributed by atoms with Crippen molar-refractivity contribution in [2.45, 2.75) is 39.4 Å². The Hall–Kier alpha value is -4.11. The second-order valence-electron chi connectivity index (χ2n) is 8.11. The lowest BCUT2D eigenvalue weighted by Gasteiger charge is -2.14. The number of nitriles is 1. The molecule has 33 heavy (non-hydrogen) atoms. The number of para-hydroxylation sites is 1. The van der Waals surface area contributed by atoms with Crippen molar-refractivity contribution in [3.63, 3.8) is 0 Å². The Bertz CT molecular complexity index is 1360. The highest BCUT2D eigenvalue weighted by Crippen LogP contribution is 2.29. The van der Waals surface area contributed by atoms with E-state index in [0.29, 0.717) is 12.1 Å². The van der Waals surface area contributed by atoms with E-state index in [-0.39, 0.29) is 18.2 Å². The highest BCUT2D eigenvalue weighted by molar-refractivity contribution is 6.08. The number of fused-ring (bicyclic) bond motifs is 3. The van der Waals surface area contributed by atoms with E-state index in [1.165, 1.54) is 21.8 Å². The number of rotatable bonds is 7. The Balaban J connectivity index is 1.38.